The van der Waals surface area contributed by atoms with E-state index in [0.717, 1.165) is 37.4 Å². The Morgan fingerprint density at radius 2 is 1.88 bits per heavy atom. The van der Waals surface area contributed by atoms with Gasteiger partial charge in [-0.25, -0.2) is 15.3 Å². The van der Waals surface area contributed by atoms with Gasteiger partial charge in [0.15, 0.2) is 0 Å². The Labute approximate surface area is 197 Å². The molecule has 0 fully saturated rings. The van der Waals surface area contributed by atoms with E-state index < -0.39 is 27.4 Å². The highest BCUT2D eigenvalue weighted by molar-refractivity contribution is 7.67. The Morgan fingerprint density at radius 1 is 1.26 bits per heavy atom. The fourth-order valence-electron chi connectivity index (χ4n) is 2.23. The van der Waals surface area contributed by atoms with Crippen LogP contribution in [-0.2, 0) is 21.0 Å². The zero-order valence-corrected chi connectivity index (χ0v) is 19.0. The number of carbonyl (C=O) groups is 2. The quantitative estimate of drug-likeness (QED) is 0.112. The maximum Gasteiger partial charge on any atom is 0.514 e. The Morgan fingerprint density at radius 3 is 2.41 bits per heavy atom. The Balaban J connectivity index is 0.000000945. The molecule has 34 heavy (non-hydrogen) atoms. The number of pyridine rings is 1. The summed E-state index contributed by atoms with van der Waals surface area (Å²) in [6.07, 6.45) is 0.472. The summed E-state index contributed by atoms with van der Waals surface area (Å²) in [4.78, 5) is 63.4. The van der Waals surface area contributed by atoms with Gasteiger partial charge in [0.2, 0.25) is 6.41 Å². The zero-order valence-electron chi connectivity index (χ0n) is 17.4. The standard InChI is InChI=1S/C16H10N4O8S2.C2H7NO/c21-8-18-12-5-10(19-14(22)29-30-15(19)23)6-17-13(12)7-27-16(24)28-11-3-1-9(2-4-11)20(25)26;1-2-4-3/h1-6,8H,7H2,(H,18,21);2-3H2,1H3. The number of aromatic nitrogens is 2. The highest BCUT2D eigenvalue weighted by atomic mass is 32.9. The first-order valence-corrected chi connectivity index (χ1v) is 11.3. The molecule has 180 valence electrons. The number of amides is 1. The number of hydrogen-bond donors (Lipinski definition) is 2. The fourth-order valence-corrected chi connectivity index (χ4v) is 3.83. The molecule has 14 nitrogen and oxygen atoms in total. The van der Waals surface area contributed by atoms with E-state index in [1.807, 2.05) is 6.92 Å². The number of nitrogens with two attached hydrogens (primary N) is 1. The van der Waals surface area contributed by atoms with Crippen LogP contribution in [0.3, 0.4) is 0 Å². The van der Waals surface area contributed by atoms with Gasteiger partial charge in [0.1, 0.15) is 18.1 Å². The van der Waals surface area contributed by atoms with Gasteiger partial charge in [-0.05, 0) is 45.8 Å². The highest BCUT2D eigenvalue weighted by Crippen LogP contribution is 2.20. The summed E-state index contributed by atoms with van der Waals surface area (Å²) in [5.74, 6) is 4.56. The Kier molecular flexibility index (Phi) is 9.96. The molecule has 0 spiro atoms. The molecule has 0 saturated heterocycles. The van der Waals surface area contributed by atoms with Crippen LogP contribution >= 0.6 is 20.7 Å². The molecule has 3 aromatic rings. The van der Waals surface area contributed by atoms with Gasteiger partial charge in [-0.3, -0.25) is 29.5 Å². The molecule has 0 unspecified atom stereocenters. The summed E-state index contributed by atoms with van der Waals surface area (Å²) in [5, 5.41) is 13.0. The predicted molar refractivity (Wildman–Crippen MR) is 121 cm³/mol. The lowest BCUT2D eigenvalue weighted by molar-refractivity contribution is -0.384. The molecular formula is C18H17N5O9S2. The number of rotatable bonds is 8. The molecule has 2 heterocycles. The number of nitrogens with one attached hydrogen (secondary N) is 1. The van der Waals surface area contributed by atoms with Crippen molar-refractivity contribution in [1.82, 2.24) is 9.55 Å². The summed E-state index contributed by atoms with van der Waals surface area (Å²) >= 11 is 0. The molecule has 2 aromatic heterocycles. The van der Waals surface area contributed by atoms with Gasteiger partial charge in [0.25, 0.3) is 5.69 Å². The number of ether oxygens (including phenoxy) is 2. The lowest BCUT2D eigenvalue weighted by atomic mass is 10.3. The molecule has 1 amide bonds. The second-order valence-electron chi connectivity index (χ2n) is 5.83. The fraction of sp³-hybridized carbons (Fsp3) is 0.167. The van der Waals surface area contributed by atoms with E-state index in [0.29, 0.717) is 13.0 Å². The van der Waals surface area contributed by atoms with Crippen LogP contribution in [0.2, 0.25) is 0 Å². The number of carbonyl (C=O) groups excluding carboxylic acids is 2. The molecule has 3 N–H and O–H groups in total. The number of nitro benzene ring substituents is 1. The van der Waals surface area contributed by atoms with Crippen molar-refractivity contribution in [3.05, 3.63) is 71.7 Å². The van der Waals surface area contributed by atoms with E-state index in [9.17, 15) is 29.3 Å². The maximum atomic E-state index is 11.8. The minimum atomic E-state index is -1.11. The molecule has 1 aromatic carbocycles. The van der Waals surface area contributed by atoms with Crippen LogP contribution < -0.4 is 25.7 Å². The number of anilines is 1. The first-order chi connectivity index (χ1) is 16.3. The normalized spacial score (nSPS) is 9.94. The van der Waals surface area contributed by atoms with Crippen LogP contribution in [0, 0.1) is 10.1 Å². The van der Waals surface area contributed by atoms with E-state index in [-0.39, 0.29) is 28.5 Å². The average Bonchev–Trinajstić information content (AvgIpc) is 3.16. The highest BCUT2D eigenvalue weighted by Gasteiger charge is 2.14. The van der Waals surface area contributed by atoms with Crippen molar-refractivity contribution in [3.8, 4) is 11.4 Å². The molecule has 0 saturated carbocycles. The topological polar surface area (TPSA) is 195 Å². The smallest absolute Gasteiger partial charge is 0.427 e. The van der Waals surface area contributed by atoms with Crippen LogP contribution in [0.15, 0.2) is 46.1 Å². The van der Waals surface area contributed by atoms with Crippen molar-refractivity contribution >= 4 is 44.6 Å². The van der Waals surface area contributed by atoms with E-state index >= 15 is 0 Å². The second-order valence-corrected chi connectivity index (χ2v) is 7.86. The van der Waals surface area contributed by atoms with Crippen molar-refractivity contribution < 1.29 is 28.8 Å². The number of hydrogen-bond acceptors (Lipinski definition) is 13. The summed E-state index contributed by atoms with van der Waals surface area (Å²) in [5.41, 5.74) is 0.222. The Bertz CT molecular complexity index is 1220. The predicted octanol–water partition coefficient (Wildman–Crippen LogP) is 1.80. The minimum absolute atomic E-state index is 0.0289. The van der Waals surface area contributed by atoms with E-state index in [4.69, 9.17) is 9.47 Å². The van der Waals surface area contributed by atoms with Crippen molar-refractivity contribution in [2.45, 2.75) is 13.5 Å². The van der Waals surface area contributed by atoms with Crippen LogP contribution in [0.5, 0.6) is 5.75 Å². The second kappa shape index (κ2) is 12.9. The van der Waals surface area contributed by atoms with Crippen LogP contribution in [0.4, 0.5) is 16.2 Å². The summed E-state index contributed by atoms with van der Waals surface area (Å²) in [6, 6.07) is 6.11. The molecular weight excluding hydrogens is 494 g/mol. The lowest BCUT2D eigenvalue weighted by Gasteiger charge is -2.10. The van der Waals surface area contributed by atoms with Gasteiger partial charge < -0.3 is 19.6 Å². The van der Waals surface area contributed by atoms with Crippen molar-refractivity contribution in [2.75, 3.05) is 11.9 Å². The third kappa shape index (κ3) is 7.27. The first-order valence-electron chi connectivity index (χ1n) is 9.13. The van der Waals surface area contributed by atoms with Gasteiger partial charge in [0.05, 0.1) is 29.1 Å². The maximum absolute atomic E-state index is 11.8. The monoisotopic (exact) mass is 511 g/mol. The number of benzene rings is 1. The van der Waals surface area contributed by atoms with Gasteiger partial charge in [-0.15, -0.1) is 0 Å². The molecule has 0 aliphatic rings. The molecule has 0 aliphatic carbocycles. The number of nitrogens with zero attached hydrogens (tertiary/aromatic N) is 3. The summed E-state index contributed by atoms with van der Waals surface area (Å²) < 4.78 is 10.7. The molecule has 0 atom stereocenters. The van der Waals surface area contributed by atoms with Crippen LogP contribution in [0.1, 0.15) is 12.6 Å². The van der Waals surface area contributed by atoms with Crippen LogP contribution in [0.25, 0.3) is 5.69 Å². The van der Waals surface area contributed by atoms with Crippen LogP contribution in [-0.4, -0.2) is 33.6 Å². The molecule has 0 bridgehead atoms. The van der Waals surface area contributed by atoms with E-state index in [1.165, 1.54) is 24.4 Å². The average molecular weight is 511 g/mol. The van der Waals surface area contributed by atoms with Gasteiger partial charge >= 0.3 is 15.9 Å². The third-order valence-electron chi connectivity index (χ3n) is 3.72. The molecule has 0 aliphatic heterocycles. The SMILES string of the molecule is CCON.O=CNc1cc(-n2c(=O)ssc2=O)cnc1COC(=O)Oc1ccc([N+](=O)[O-])cc1. The summed E-state index contributed by atoms with van der Waals surface area (Å²) in [7, 11) is 1.52. The zero-order chi connectivity index (χ0) is 25.1. The Hall–Kier alpha value is -3.99. The van der Waals surface area contributed by atoms with Crippen molar-refractivity contribution in [3.63, 3.8) is 0 Å². The lowest BCUT2D eigenvalue weighted by Crippen LogP contribution is -2.22. The summed E-state index contributed by atoms with van der Waals surface area (Å²) in [6.45, 7) is 2.04. The molecule has 0 radical (unpaired) electrons. The van der Waals surface area contributed by atoms with Gasteiger partial charge in [0, 0.05) is 12.1 Å². The van der Waals surface area contributed by atoms with E-state index in [2.05, 4.69) is 21.0 Å². The van der Waals surface area contributed by atoms with Crippen molar-refractivity contribution in [1.29, 1.82) is 0 Å². The minimum Gasteiger partial charge on any atom is -0.427 e. The number of nitro groups is 1. The van der Waals surface area contributed by atoms with Gasteiger partial charge in [-0.2, -0.15) is 0 Å². The van der Waals surface area contributed by atoms with Crippen molar-refractivity contribution in [2.24, 2.45) is 5.90 Å². The molecule has 3 rings (SSSR count). The number of non-ortho nitro benzene ring substituents is 1. The first kappa shape index (κ1) is 26.3. The van der Waals surface area contributed by atoms with Gasteiger partial charge in [-0.1, -0.05) is 0 Å². The third-order valence-corrected chi connectivity index (χ3v) is 5.56. The largest absolute Gasteiger partial charge is 0.514 e. The molecule has 16 heteroatoms. The van der Waals surface area contributed by atoms with E-state index in [1.54, 1.807) is 0 Å².